The van der Waals surface area contributed by atoms with Crippen molar-refractivity contribution in [2.24, 2.45) is 0 Å². The number of carbonyl (C=O) groups excluding carboxylic acids is 2. The molecular formula is C13H15NO3. The van der Waals surface area contributed by atoms with Crippen molar-refractivity contribution in [3.8, 4) is 0 Å². The van der Waals surface area contributed by atoms with E-state index >= 15 is 0 Å². The molecule has 1 heterocycles. The molecule has 4 heteroatoms. The van der Waals surface area contributed by atoms with E-state index in [1.54, 1.807) is 0 Å². The number of imide groups is 1. The molecule has 1 aromatic carbocycles. The topological polar surface area (TPSA) is 66.4 Å². The number of aliphatic hydroxyl groups is 1. The van der Waals surface area contributed by atoms with Crippen LogP contribution in [0.2, 0.25) is 0 Å². The van der Waals surface area contributed by atoms with Gasteiger partial charge in [-0.25, -0.2) is 0 Å². The third-order valence-corrected chi connectivity index (χ3v) is 3.45. The summed E-state index contributed by atoms with van der Waals surface area (Å²) < 4.78 is 0. The van der Waals surface area contributed by atoms with E-state index in [0.29, 0.717) is 6.42 Å². The van der Waals surface area contributed by atoms with E-state index in [1.807, 2.05) is 37.3 Å². The quantitative estimate of drug-likeness (QED) is 0.740. The Hall–Kier alpha value is -1.68. The molecule has 2 rings (SSSR count). The van der Waals surface area contributed by atoms with Gasteiger partial charge in [-0.3, -0.25) is 14.9 Å². The summed E-state index contributed by atoms with van der Waals surface area (Å²) in [5.74, 6) is -0.920. The van der Waals surface area contributed by atoms with Gasteiger partial charge >= 0.3 is 0 Å². The maximum Gasteiger partial charge on any atom is 0.255 e. The average Bonchev–Trinajstić information content (AvgIpc) is 2.35. The van der Waals surface area contributed by atoms with Crippen LogP contribution in [0.5, 0.6) is 0 Å². The summed E-state index contributed by atoms with van der Waals surface area (Å²) in [6.07, 6.45) is -0.418. The fraction of sp³-hybridized carbons (Fsp3) is 0.385. The van der Waals surface area contributed by atoms with E-state index in [9.17, 15) is 14.7 Å². The molecule has 2 N–H and O–H groups in total. The fourth-order valence-electron chi connectivity index (χ4n) is 2.35. The van der Waals surface area contributed by atoms with E-state index in [4.69, 9.17) is 0 Å². The highest BCUT2D eigenvalue weighted by Gasteiger charge is 2.46. The number of amides is 2. The Balaban J connectivity index is 2.44. The number of piperidine rings is 1. The second kappa shape index (κ2) is 4.30. The Bertz CT molecular complexity index is 443. The first-order valence-electron chi connectivity index (χ1n) is 5.69. The van der Waals surface area contributed by atoms with Crippen molar-refractivity contribution in [1.82, 2.24) is 5.32 Å². The predicted molar refractivity (Wildman–Crippen MR) is 62.2 cm³/mol. The number of hydrogen-bond acceptors (Lipinski definition) is 3. The maximum absolute atomic E-state index is 12.1. The molecule has 1 fully saturated rings. The first-order valence-corrected chi connectivity index (χ1v) is 5.69. The minimum atomic E-state index is -1.12. The Labute approximate surface area is 99.6 Å². The molecule has 0 saturated carbocycles. The molecule has 4 nitrogen and oxygen atoms in total. The van der Waals surface area contributed by atoms with Crippen LogP contribution in [-0.2, 0) is 15.0 Å². The third kappa shape index (κ3) is 1.85. The second-order valence-electron chi connectivity index (χ2n) is 4.34. The molecule has 2 atom stereocenters. The molecule has 0 bridgehead atoms. The van der Waals surface area contributed by atoms with E-state index < -0.39 is 17.4 Å². The van der Waals surface area contributed by atoms with Crippen LogP contribution in [0.25, 0.3) is 0 Å². The van der Waals surface area contributed by atoms with Gasteiger partial charge in [-0.1, -0.05) is 37.3 Å². The molecule has 90 valence electrons. The average molecular weight is 233 g/mol. The standard InChI is InChI=1S/C13H15NO3/c1-2-13(9-6-4-3-5-7-9)8-10(15)11(16)14-12(13)17/h3-7,10,15H,2,8H2,1H3,(H,14,16,17). The van der Waals surface area contributed by atoms with E-state index in [0.717, 1.165) is 5.56 Å². The Morgan fingerprint density at radius 2 is 2.00 bits per heavy atom. The molecule has 0 aliphatic carbocycles. The highest BCUT2D eigenvalue weighted by atomic mass is 16.3. The number of aliphatic hydroxyl groups excluding tert-OH is 1. The van der Waals surface area contributed by atoms with Crippen LogP contribution in [0.4, 0.5) is 0 Å². The minimum Gasteiger partial charge on any atom is -0.383 e. The molecule has 1 aliphatic rings. The fourth-order valence-corrected chi connectivity index (χ4v) is 2.35. The number of benzene rings is 1. The van der Waals surface area contributed by atoms with Crippen LogP contribution >= 0.6 is 0 Å². The van der Waals surface area contributed by atoms with Crippen LogP contribution in [0.3, 0.4) is 0 Å². The summed E-state index contributed by atoms with van der Waals surface area (Å²) >= 11 is 0. The van der Waals surface area contributed by atoms with Crippen molar-refractivity contribution in [3.63, 3.8) is 0 Å². The van der Waals surface area contributed by atoms with Crippen LogP contribution in [0.1, 0.15) is 25.3 Å². The van der Waals surface area contributed by atoms with E-state index in [-0.39, 0.29) is 12.3 Å². The summed E-state index contributed by atoms with van der Waals surface area (Å²) in [6.45, 7) is 1.88. The monoisotopic (exact) mass is 233 g/mol. The van der Waals surface area contributed by atoms with Gasteiger partial charge in [0.25, 0.3) is 5.91 Å². The first-order chi connectivity index (χ1) is 8.10. The number of nitrogens with one attached hydrogen (secondary N) is 1. The molecule has 1 aromatic rings. The van der Waals surface area contributed by atoms with Crippen molar-refractivity contribution in [1.29, 1.82) is 0 Å². The lowest BCUT2D eigenvalue weighted by atomic mass is 9.71. The highest BCUT2D eigenvalue weighted by Crippen LogP contribution is 2.35. The van der Waals surface area contributed by atoms with Crippen molar-refractivity contribution >= 4 is 11.8 Å². The molecule has 2 amide bonds. The van der Waals surface area contributed by atoms with Crippen LogP contribution in [0, 0.1) is 0 Å². The van der Waals surface area contributed by atoms with Gasteiger partial charge in [-0.2, -0.15) is 0 Å². The van der Waals surface area contributed by atoms with Gasteiger partial charge in [0.1, 0.15) is 6.10 Å². The van der Waals surface area contributed by atoms with Crippen LogP contribution in [-0.4, -0.2) is 23.0 Å². The van der Waals surface area contributed by atoms with Gasteiger partial charge in [0.15, 0.2) is 0 Å². The second-order valence-corrected chi connectivity index (χ2v) is 4.34. The van der Waals surface area contributed by atoms with Gasteiger partial charge < -0.3 is 5.11 Å². The lowest BCUT2D eigenvalue weighted by molar-refractivity contribution is -0.145. The lowest BCUT2D eigenvalue weighted by Crippen LogP contribution is -2.57. The van der Waals surface area contributed by atoms with Crippen LogP contribution < -0.4 is 5.32 Å². The summed E-state index contributed by atoms with van der Waals surface area (Å²) in [7, 11) is 0. The predicted octanol–water partition coefficient (Wildman–Crippen LogP) is 0.742. The molecule has 0 aromatic heterocycles. The zero-order valence-corrected chi connectivity index (χ0v) is 9.64. The number of carbonyl (C=O) groups is 2. The van der Waals surface area contributed by atoms with Gasteiger partial charge in [0.05, 0.1) is 5.41 Å². The molecule has 1 saturated heterocycles. The first kappa shape index (κ1) is 11.8. The summed E-state index contributed by atoms with van der Waals surface area (Å²) in [4.78, 5) is 23.3. The molecule has 17 heavy (non-hydrogen) atoms. The summed E-state index contributed by atoms with van der Waals surface area (Å²) in [5.41, 5.74) is 0.0424. The zero-order valence-electron chi connectivity index (χ0n) is 9.64. The molecule has 2 unspecified atom stereocenters. The van der Waals surface area contributed by atoms with Crippen molar-refractivity contribution < 1.29 is 14.7 Å². The van der Waals surface area contributed by atoms with Gasteiger partial charge in [-0.05, 0) is 12.0 Å². The van der Waals surface area contributed by atoms with Gasteiger partial charge in [0, 0.05) is 6.42 Å². The van der Waals surface area contributed by atoms with Crippen molar-refractivity contribution in [2.45, 2.75) is 31.3 Å². The summed E-state index contributed by atoms with van der Waals surface area (Å²) in [6, 6.07) is 9.28. The molecular weight excluding hydrogens is 218 g/mol. The third-order valence-electron chi connectivity index (χ3n) is 3.45. The SMILES string of the molecule is CCC1(c2ccccc2)CC(O)C(=O)NC1=O. The Morgan fingerprint density at radius 1 is 1.35 bits per heavy atom. The van der Waals surface area contributed by atoms with Crippen LogP contribution in [0.15, 0.2) is 30.3 Å². The Morgan fingerprint density at radius 3 is 2.59 bits per heavy atom. The number of rotatable bonds is 2. The smallest absolute Gasteiger partial charge is 0.255 e. The largest absolute Gasteiger partial charge is 0.383 e. The lowest BCUT2D eigenvalue weighted by Gasteiger charge is -2.37. The molecule has 0 spiro atoms. The molecule has 1 aliphatic heterocycles. The Kier molecular flexibility index (Phi) is 2.98. The van der Waals surface area contributed by atoms with Crippen molar-refractivity contribution in [2.75, 3.05) is 0 Å². The number of hydrogen-bond donors (Lipinski definition) is 2. The zero-order chi connectivity index (χ0) is 12.5. The molecule has 0 radical (unpaired) electrons. The van der Waals surface area contributed by atoms with Crippen molar-refractivity contribution in [3.05, 3.63) is 35.9 Å². The normalized spacial score (nSPS) is 28.9. The van der Waals surface area contributed by atoms with E-state index in [1.165, 1.54) is 0 Å². The van der Waals surface area contributed by atoms with E-state index in [2.05, 4.69) is 5.32 Å². The summed E-state index contributed by atoms with van der Waals surface area (Å²) in [5, 5.41) is 11.9. The highest BCUT2D eigenvalue weighted by molar-refractivity contribution is 6.05. The van der Waals surface area contributed by atoms with Gasteiger partial charge in [-0.15, -0.1) is 0 Å². The maximum atomic E-state index is 12.1. The minimum absolute atomic E-state index is 0.151. The van der Waals surface area contributed by atoms with Gasteiger partial charge in [0.2, 0.25) is 5.91 Å².